The summed E-state index contributed by atoms with van der Waals surface area (Å²) < 4.78 is 48.8. The molecule has 0 unspecified atom stereocenters. The zero-order valence-corrected chi connectivity index (χ0v) is 30.6. The lowest BCUT2D eigenvalue weighted by molar-refractivity contribution is -0.137. The highest BCUT2D eigenvalue weighted by Crippen LogP contribution is 2.37. The first-order chi connectivity index (χ1) is 25.5. The van der Waals surface area contributed by atoms with Crippen LogP contribution in [0.25, 0.3) is 0 Å². The van der Waals surface area contributed by atoms with Gasteiger partial charge in [0.2, 0.25) is 15.1 Å². The van der Waals surface area contributed by atoms with Crippen LogP contribution in [0.5, 0.6) is 21.6 Å². The zero-order valence-electron chi connectivity index (χ0n) is 28.9. The molecule has 6 aliphatic heterocycles. The molecule has 0 aliphatic carbocycles. The number of ketones is 1. The van der Waals surface area contributed by atoms with E-state index in [1.54, 1.807) is 48.5 Å². The average Bonchev–Trinajstić information content (AvgIpc) is 3.84. The number of Topliss-reactive ketones (excluding diaryl/α,β-unsaturated/α-hetero) is 1. The summed E-state index contributed by atoms with van der Waals surface area (Å²) in [7, 11) is 0. The van der Waals surface area contributed by atoms with E-state index in [0.29, 0.717) is 55.9 Å². The monoisotopic (exact) mass is 768 g/mol. The minimum atomic E-state index is -4.48. The summed E-state index contributed by atoms with van der Waals surface area (Å²) >= 11 is 1.64. The number of rotatable bonds is 9. The number of nitrogens with zero attached hydrogens (tertiary/aromatic N) is 4. The van der Waals surface area contributed by atoms with Gasteiger partial charge < -0.3 is 29.9 Å². The van der Waals surface area contributed by atoms with Gasteiger partial charge >= 0.3 is 6.18 Å². The number of halogens is 3. The number of nitrogens with one attached hydrogen (secondary N) is 2. The number of carbonyl (C=O) groups excluding carboxylic acids is 3. The van der Waals surface area contributed by atoms with Crippen LogP contribution >= 0.6 is 22.7 Å². The molecule has 53 heavy (non-hydrogen) atoms. The van der Waals surface area contributed by atoms with Crippen LogP contribution in [0.4, 0.5) is 13.2 Å². The predicted molar refractivity (Wildman–Crippen MR) is 193 cm³/mol. The van der Waals surface area contributed by atoms with Crippen molar-refractivity contribution in [2.45, 2.75) is 50.9 Å². The van der Waals surface area contributed by atoms with E-state index in [2.05, 4.69) is 30.4 Å². The third-order valence-electron chi connectivity index (χ3n) is 10.1. The lowest BCUT2D eigenvalue weighted by atomic mass is 9.84. The summed E-state index contributed by atoms with van der Waals surface area (Å²) in [5.41, 5.74) is 1.13. The van der Waals surface area contributed by atoms with Gasteiger partial charge in [-0.15, -0.1) is 0 Å². The molecule has 8 heterocycles. The van der Waals surface area contributed by atoms with Crippen LogP contribution in [0, 0.1) is 11.8 Å². The lowest BCUT2D eigenvalue weighted by Gasteiger charge is -2.44. The number of fused-ring (bicyclic) bond motifs is 6. The highest BCUT2D eigenvalue weighted by Gasteiger charge is 2.37. The smallest absolute Gasteiger partial charge is 0.443 e. The molecule has 2 atom stereocenters. The molecule has 6 saturated heterocycles. The first kappa shape index (κ1) is 37.0. The fourth-order valence-electron chi connectivity index (χ4n) is 7.25. The third-order valence-corrected chi connectivity index (χ3v) is 12.0. The van der Waals surface area contributed by atoms with Crippen molar-refractivity contribution in [3.63, 3.8) is 0 Å². The van der Waals surface area contributed by atoms with Crippen molar-refractivity contribution < 1.29 is 37.0 Å². The molecular weight excluding hydrogens is 730 g/mol. The quantitative estimate of drug-likeness (QED) is 0.178. The molecule has 6 aliphatic rings. The Balaban J connectivity index is 0.000000164. The van der Waals surface area contributed by atoms with E-state index in [0.717, 1.165) is 58.3 Å². The van der Waals surface area contributed by atoms with E-state index < -0.39 is 11.2 Å². The molecule has 2 N–H and O–H groups in total. The molecule has 4 aromatic rings. The van der Waals surface area contributed by atoms with Gasteiger partial charge in [-0.3, -0.25) is 14.4 Å². The number of aromatic nitrogens is 2. The number of piperidine rings is 6. The normalized spacial score (nSPS) is 24.5. The minimum absolute atomic E-state index is 0.0352. The molecule has 2 aromatic carbocycles. The number of alkyl halides is 3. The molecule has 0 spiro atoms. The maximum Gasteiger partial charge on any atom is 0.443 e. The number of ether oxygens (including phenoxy) is 2. The van der Waals surface area contributed by atoms with Crippen molar-refractivity contribution in [2.24, 2.45) is 11.8 Å². The topological polar surface area (TPSA) is 126 Å². The SMILES string of the molecule is CC(=O)c1ncc(Oc2ccc(C(=O)N[C@H]3CN4CCC3CC4)cc2)s1.O=C(N[C@H]1CN2CCC1CC2)c1ccc(Oc2cnc(C(F)(F)F)s2)cc1. The van der Waals surface area contributed by atoms with Crippen molar-refractivity contribution >= 4 is 40.3 Å². The van der Waals surface area contributed by atoms with Crippen LogP contribution in [0.15, 0.2) is 60.9 Å². The molecule has 2 amide bonds. The molecule has 0 radical (unpaired) electrons. The first-order valence-corrected chi connectivity index (χ1v) is 19.2. The van der Waals surface area contributed by atoms with Gasteiger partial charge in [0.15, 0.2) is 10.8 Å². The van der Waals surface area contributed by atoms with E-state index in [-0.39, 0.29) is 34.7 Å². The second kappa shape index (κ2) is 15.9. The van der Waals surface area contributed by atoms with E-state index in [9.17, 15) is 27.6 Å². The molecule has 6 fully saturated rings. The molecule has 0 saturated carbocycles. The summed E-state index contributed by atoms with van der Waals surface area (Å²) in [5, 5.41) is 6.36. The lowest BCUT2D eigenvalue weighted by Crippen LogP contribution is -2.57. The van der Waals surface area contributed by atoms with Crippen LogP contribution < -0.4 is 20.1 Å². The number of carbonyl (C=O) groups is 3. The number of thiazole rings is 2. The Hall–Kier alpha value is -4.38. The Labute approximate surface area is 312 Å². The van der Waals surface area contributed by atoms with Crippen molar-refractivity contribution in [1.82, 2.24) is 30.4 Å². The van der Waals surface area contributed by atoms with Crippen LogP contribution in [0.1, 0.15) is 68.1 Å². The molecule has 280 valence electrons. The van der Waals surface area contributed by atoms with Gasteiger partial charge in [-0.2, -0.15) is 13.2 Å². The van der Waals surface area contributed by atoms with E-state index in [1.165, 1.54) is 37.3 Å². The third kappa shape index (κ3) is 9.23. The second-order valence-electron chi connectivity index (χ2n) is 13.7. The fourth-order valence-corrected chi connectivity index (χ4v) is 8.59. The Morgan fingerprint density at radius 2 is 1.13 bits per heavy atom. The van der Waals surface area contributed by atoms with Gasteiger partial charge in [0, 0.05) is 43.2 Å². The maximum absolute atomic E-state index is 12.6. The van der Waals surface area contributed by atoms with Gasteiger partial charge in [-0.25, -0.2) is 9.97 Å². The van der Waals surface area contributed by atoms with Crippen LogP contribution in [0.3, 0.4) is 0 Å². The Bertz CT molecular complexity index is 1900. The number of benzene rings is 2. The largest absolute Gasteiger partial charge is 0.445 e. The molecule has 2 aromatic heterocycles. The Kier molecular flexibility index (Phi) is 11.1. The molecule has 10 rings (SSSR count). The van der Waals surface area contributed by atoms with Gasteiger partial charge in [0.1, 0.15) is 11.5 Å². The van der Waals surface area contributed by atoms with Gasteiger partial charge in [0.25, 0.3) is 11.8 Å². The first-order valence-electron chi connectivity index (χ1n) is 17.6. The van der Waals surface area contributed by atoms with Crippen molar-refractivity contribution in [2.75, 3.05) is 39.3 Å². The van der Waals surface area contributed by atoms with Crippen molar-refractivity contribution in [3.05, 3.63) is 82.1 Å². The number of amides is 2. The highest BCUT2D eigenvalue weighted by atomic mass is 32.1. The maximum atomic E-state index is 12.6. The summed E-state index contributed by atoms with van der Waals surface area (Å²) in [6, 6.07) is 13.8. The van der Waals surface area contributed by atoms with E-state index >= 15 is 0 Å². The molecule has 11 nitrogen and oxygen atoms in total. The summed E-state index contributed by atoms with van der Waals surface area (Å²) in [6.45, 7) is 7.86. The number of hydrogen-bond donors (Lipinski definition) is 2. The predicted octanol–water partition coefficient (Wildman–Crippen LogP) is 6.74. The minimum Gasteiger partial charge on any atom is -0.445 e. The Morgan fingerprint density at radius 3 is 1.49 bits per heavy atom. The standard InChI is InChI=1S/C19H21N3O3S.C18H18F3N3O2S/c1-12(23)19-20-10-17(26-19)25-15-4-2-14(3-5-15)18(24)21-16-11-22-8-6-13(16)7-9-22;19-18(20,21)17-22-9-15(27-17)26-13-3-1-12(2-4-13)16(25)23-14-10-24-7-5-11(14)6-8-24/h2-5,10,13,16H,6-9,11H2,1H3,(H,21,24);1-4,9,11,14H,5-8,10H2,(H,23,25)/t16-;14-/m00/s1. The average molecular weight is 769 g/mol. The van der Waals surface area contributed by atoms with Crippen molar-refractivity contribution in [3.8, 4) is 21.6 Å². The van der Waals surface area contributed by atoms with E-state index in [4.69, 9.17) is 9.47 Å². The van der Waals surface area contributed by atoms with Gasteiger partial charge in [-0.1, -0.05) is 22.7 Å². The van der Waals surface area contributed by atoms with Crippen LogP contribution in [0.2, 0.25) is 0 Å². The molecule has 16 heteroatoms. The summed E-state index contributed by atoms with van der Waals surface area (Å²) in [5.74, 6) is 1.85. The zero-order chi connectivity index (χ0) is 37.1. The van der Waals surface area contributed by atoms with Gasteiger partial charge in [0.05, 0.1) is 12.4 Å². The molecule has 4 bridgehead atoms. The van der Waals surface area contributed by atoms with E-state index in [1.807, 2.05) is 0 Å². The van der Waals surface area contributed by atoms with Gasteiger partial charge in [-0.05, 0) is 112 Å². The highest BCUT2D eigenvalue weighted by molar-refractivity contribution is 7.15. The van der Waals surface area contributed by atoms with Crippen LogP contribution in [-0.4, -0.2) is 88.7 Å². The Morgan fingerprint density at radius 1 is 0.698 bits per heavy atom. The number of hydrogen-bond acceptors (Lipinski definition) is 11. The fraction of sp³-hybridized carbons (Fsp3) is 0.432. The van der Waals surface area contributed by atoms with Crippen LogP contribution in [-0.2, 0) is 6.18 Å². The summed E-state index contributed by atoms with van der Waals surface area (Å²) in [4.78, 5) is 48.4. The van der Waals surface area contributed by atoms with Crippen molar-refractivity contribution in [1.29, 1.82) is 0 Å². The second-order valence-corrected chi connectivity index (χ2v) is 15.7. The molecular formula is C37H39F3N6O5S2. The summed E-state index contributed by atoms with van der Waals surface area (Å²) in [6.07, 6.45) is 2.68.